The van der Waals surface area contributed by atoms with Crippen LogP contribution in [0.5, 0.6) is 0 Å². The molecule has 3 unspecified atom stereocenters. The molecule has 3 rings (SSSR count). The molecule has 2 saturated carbocycles. The second kappa shape index (κ2) is 5.61. The lowest BCUT2D eigenvalue weighted by atomic mass is 9.88. The van der Waals surface area contributed by atoms with Crippen molar-refractivity contribution in [1.82, 2.24) is 10.3 Å². The van der Waals surface area contributed by atoms with E-state index in [-0.39, 0.29) is 5.91 Å². The summed E-state index contributed by atoms with van der Waals surface area (Å²) in [5.74, 6) is 2.11. The zero-order valence-electron chi connectivity index (χ0n) is 11.5. The second-order valence-corrected chi connectivity index (χ2v) is 6.85. The molecule has 2 fully saturated rings. The van der Waals surface area contributed by atoms with Gasteiger partial charge in [-0.2, -0.15) is 0 Å². The van der Waals surface area contributed by atoms with Crippen LogP contribution in [-0.2, 0) is 17.6 Å². The largest absolute Gasteiger partial charge is 0.355 e. The van der Waals surface area contributed by atoms with Crippen LogP contribution in [0.1, 0.15) is 43.3 Å². The highest BCUT2D eigenvalue weighted by molar-refractivity contribution is 7.09. The fraction of sp³-hybridized carbons (Fsp3) is 0.733. The summed E-state index contributed by atoms with van der Waals surface area (Å²) in [4.78, 5) is 16.7. The lowest BCUT2D eigenvalue weighted by molar-refractivity contribution is -0.126. The van der Waals surface area contributed by atoms with Crippen molar-refractivity contribution in [2.75, 3.05) is 6.54 Å². The highest BCUT2D eigenvalue weighted by atomic mass is 32.1. The molecule has 1 amide bonds. The number of hydrogen-bond donors (Lipinski definition) is 1. The number of hydrogen-bond acceptors (Lipinski definition) is 3. The van der Waals surface area contributed by atoms with Crippen LogP contribution in [0.2, 0.25) is 0 Å². The highest BCUT2D eigenvalue weighted by Gasteiger charge is 2.42. The Balaban J connectivity index is 1.43. The van der Waals surface area contributed by atoms with Gasteiger partial charge in [0.25, 0.3) is 0 Å². The van der Waals surface area contributed by atoms with Gasteiger partial charge < -0.3 is 5.32 Å². The van der Waals surface area contributed by atoms with Gasteiger partial charge in [0.15, 0.2) is 0 Å². The van der Waals surface area contributed by atoms with Crippen molar-refractivity contribution in [3.8, 4) is 0 Å². The van der Waals surface area contributed by atoms with Crippen LogP contribution in [0.15, 0.2) is 5.38 Å². The fourth-order valence-electron chi connectivity index (χ4n) is 3.64. The Morgan fingerprint density at radius 2 is 2.37 bits per heavy atom. The van der Waals surface area contributed by atoms with Gasteiger partial charge in [-0.25, -0.2) is 4.98 Å². The minimum absolute atomic E-state index is 0.290. The lowest BCUT2D eigenvalue weighted by Crippen LogP contribution is -2.34. The summed E-state index contributed by atoms with van der Waals surface area (Å²) in [7, 11) is 0. The molecule has 1 aromatic rings. The highest BCUT2D eigenvalue weighted by Crippen LogP contribution is 2.48. The Morgan fingerprint density at radius 3 is 3.00 bits per heavy atom. The van der Waals surface area contributed by atoms with Crippen LogP contribution in [0, 0.1) is 17.8 Å². The van der Waals surface area contributed by atoms with E-state index in [0.29, 0.717) is 11.8 Å². The zero-order valence-corrected chi connectivity index (χ0v) is 12.3. The minimum Gasteiger partial charge on any atom is -0.355 e. The number of carbonyl (C=O) groups is 1. The molecule has 2 aliphatic carbocycles. The average molecular weight is 278 g/mol. The van der Waals surface area contributed by atoms with E-state index in [1.807, 2.05) is 0 Å². The maximum atomic E-state index is 12.2. The Morgan fingerprint density at radius 1 is 1.47 bits per heavy atom. The summed E-state index contributed by atoms with van der Waals surface area (Å²) in [5.41, 5.74) is 1.12. The normalized spacial score (nSPS) is 28.8. The summed E-state index contributed by atoms with van der Waals surface area (Å²) in [6, 6.07) is 0. The number of aryl methyl sites for hydroxylation is 1. The molecule has 2 aliphatic rings. The molecule has 4 heteroatoms. The molecule has 19 heavy (non-hydrogen) atoms. The van der Waals surface area contributed by atoms with Gasteiger partial charge in [-0.15, -0.1) is 11.3 Å². The average Bonchev–Trinajstić information content (AvgIpc) is 3.14. The van der Waals surface area contributed by atoms with Crippen molar-refractivity contribution in [3.05, 3.63) is 16.1 Å². The third-order valence-electron chi connectivity index (χ3n) is 4.66. The molecule has 2 bridgehead atoms. The van der Waals surface area contributed by atoms with Crippen LogP contribution in [0.3, 0.4) is 0 Å². The van der Waals surface area contributed by atoms with Crippen molar-refractivity contribution < 1.29 is 4.79 Å². The van der Waals surface area contributed by atoms with Crippen LogP contribution >= 0.6 is 11.3 Å². The van der Waals surface area contributed by atoms with E-state index in [2.05, 4.69) is 22.6 Å². The van der Waals surface area contributed by atoms with Gasteiger partial charge in [0, 0.05) is 24.3 Å². The van der Waals surface area contributed by atoms with E-state index in [0.717, 1.165) is 37.4 Å². The van der Waals surface area contributed by atoms with Crippen LogP contribution in [0.25, 0.3) is 0 Å². The van der Waals surface area contributed by atoms with Gasteiger partial charge in [-0.1, -0.05) is 13.3 Å². The van der Waals surface area contributed by atoms with E-state index in [1.54, 1.807) is 11.3 Å². The summed E-state index contributed by atoms with van der Waals surface area (Å²) >= 11 is 1.72. The predicted molar refractivity (Wildman–Crippen MR) is 77.1 cm³/mol. The fourth-order valence-corrected chi connectivity index (χ4v) is 4.42. The number of thiazole rings is 1. The van der Waals surface area contributed by atoms with Crippen LogP contribution in [-0.4, -0.2) is 17.4 Å². The molecule has 1 aromatic heterocycles. The van der Waals surface area contributed by atoms with Crippen molar-refractivity contribution in [2.24, 2.45) is 17.8 Å². The monoisotopic (exact) mass is 278 g/mol. The summed E-state index contributed by atoms with van der Waals surface area (Å²) in [6.07, 6.45) is 6.92. The second-order valence-electron chi connectivity index (χ2n) is 5.91. The van der Waals surface area contributed by atoms with Gasteiger partial charge in [0.05, 0.1) is 10.7 Å². The third-order valence-corrected chi connectivity index (χ3v) is 5.70. The number of rotatable bonds is 5. The molecule has 1 N–H and O–H groups in total. The first-order chi connectivity index (χ1) is 9.26. The van der Waals surface area contributed by atoms with Crippen LogP contribution in [0.4, 0.5) is 0 Å². The molecule has 3 nitrogen and oxygen atoms in total. The first kappa shape index (κ1) is 13.1. The first-order valence-corrected chi connectivity index (χ1v) is 8.35. The molecule has 1 heterocycles. The molecule has 0 radical (unpaired) electrons. The van der Waals surface area contributed by atoms with E-state index in [9.17, 15) is 4.79 Å². The van der Waals surface area contributed by atoms with Crippen molar-refractivity contribution >= 4 is 17.2 Å². The number of amides is 1. The topological polar surface area (TPSA) is 42.0 Å². The lowest BCUT2D eigenvalue weighted by Gasteiger charge is -2.20. The van der Waals surface area contributed by atoms with Gasteiger partial charge in [-0.3, -0.25) is 4.79 Å². The SMILES string of the molecule is CCc1nc(CCNC(=O)C2CC3CCC2C3)cs1. The summed E-state index contributed by atoms with van der Waals surface area (Å²) in [5, 5.41) is 6.41. The Bertz CT molecular complexity index is 457. The van der Waals surface area contributed by atoms with Crippen LogP contribution < -0.4 is 5.32 Å². The molecule has 0 spiro atoms. The quantitative estimate of drug-likeness (QED) is 0.900. The van der Waals surface area contributed by atoms with Gasteiger partial charge in [-0.05, 0) is 37.5 Å². The number of fused-ring (bicyclic) bond motifs is 2. The van der Waals surface area contributed by atoms with Gasteiger partial charge in [0.1, 0.15) is 0 Å². The summed E-state index contributed by atoms with van der Waals surface area (Å²) < 4.78 is 0. The zero-order chi connectivity index (χ0) is 13.2. The molecule has 0 aliphatic heterocycles. The van der Waals surface area contributed by atoms with Crippen molar-refractivity contribution in [2.45, 2.75) is 45.4 Å². The Kier molecular flexibility index (Phi) is 3.87. The predicted octanol–water partition coefficient (Wildman–Crippen LogP) is 2.80. The molecular weight excluding hydrogens is 256 g/mol. The smallest absolute Gasteiger partial charge is 0.223 e. The summed E-state index contributed by atoms with van der Waals surface area (Å²) in [6.45, 7) is 2.86. The maximum absolute atomic E-state index is 12.2. The van der Waals surface area contributed by atoms with Gasteiger partial charge in [0.2, 0.25) is 5.91 Å². The van der Waals surface area contributed by atoms with Crippen molar-refractivity contribution in [3.63, 3.8) is 0 Å². The number of nitrogens with zero attached hydrogens (tertiary/aromatic N) is 1. The van der Waals surface area contributed by atoms with E-state index >= 15 is 0 Å². The standard InChI is InChI=1S/C15H22N2OS/c1-2-14-17-12(9-19-14)5-6-16-15(18)13-8-10-3-4-11(13)7-10/h9-11,13H,2-8H2,1H3,(H,16,18). The number of carbonyl (C=O) groups excluding carboxylic acids is 1. The van der Waals surface area contributed by atoms with Crippen molar-refractivity contribution in [1.29, 1.82) is 0 Å². The third kappa shape index (κ3) is 2.83. The molecular formula is C15H22N2OS. The van der Waals surface area contributed by atoms with E-state index in [4.69, 9.17) is 0 Å². The molecule has 0 saturated heterocycles. The Hall–Kier alpha value is -0.900. The molecule has 3 atom stereocenters. The maximum Gasteiger partial charge on any atom is 0.223 e. The van der Waals surface area contributed by atoms with E-state index in [1.165, 1.54) is 24.3 Å². The number of aromatic nitrogens is 1. The minimum atomic E-state index is 0.290. The number of nitrogens with one attached hydrogen (secondary N) is 1. The Labute approximate surface area is 118 Å². The first-order valence-electron chi connectivity index (χ1n) is 7.47. The molecule has 0 aromatic carbocycles. The molecule has 104 valence electrons. The van der Waals surface area contributed by atoms with E-state index < -0.39 is 0 Å². The van der Waals surface area contributed by atoms with Gasteiger partial charge >= 0.3 is 0 Å².